The third-order valence-electron chi connectivity index (χ3n) is 3.91. The maximum absolute atomic E-state index is 12.9. The predicted molar refractivity (Wildman–Crippen MR) is 85.7 cm³/mol. The molecular formula is C16H18N2O4S. The molecule has 0 aliphatic rings. The zero-order chi connectivity index (χ0) is 17.2. The third-order valence-corrected chi connectivity index (χ3v) is 5.98. The number of carboxylic acids is 1. The molecule has 0 aliphatic heterocycles. The van der Waals surface area contributed by atoms with Crippen LogP contribution >= 0.6 is 0 Å². The smallest absolute Gasteiger partial charge is 0.335 e. The molecule has 1 unspecified atom stereocenters. The topological polar surface area (TPSA) is 87.6 Å². The van der Waals surface area contributed by atoms with Crippen molar-refractivity contribution >= 4 is 16.0 Å². The van der Waals surface area contributed by atoms with Crippen LogP contribution in [0.3, 0.4) is 0 Å². The highest BCUT2D eigenvalue weighted by Crippen LogP contribution is 2.28. The fraction of sp³-hybridized carbons (Fsp3) is 0.250. The minimum atomic E-state index is -3.82. The molecule has 122 valence electrons. The molecule has 6 nitrogen and oxygen atoms in total. The molecule has 0 spiro atoms. The number of pyridine rings is 1. The molecule has 1 heterocycles. The number of aromatic nitrogens is 1. The summed E-state index contributed by atoms with van der Waals surface area (Å²) in [5.74, 6) is -1.15. The van der Waals surface area contributed by atoms with Crippen LogP contribution in [0.1, 0.15) is 34.5 Å². The molecule has 0 bridgehead atoms. The summed E-state index contributed by atoms with van der Waals surface area (Å²) in [6.45, 7) is 3.27. The molecule has 1 atom stereocenters. The normalized spacial score (nSPS) is 13.0. The number of hydrogen-bond acceptors (Lipinski definition) is 4. The first-order chi connectivity index (χ1) is 10.8. The van der Waals surface area contributed by atoms with Crippen LogP contribution in [0.5, 0.6) is 0 Å². The molecule has 1 N–H and O–H groups in total. The highest BCUT2D eigenvalue weighted by atomic mass is 32.2. The summed E-state index contributed by atoms with van der Waals surface area (Å²) >= 11 is 0. The monoisotopic (exact) mass is 334 g/mol. The average Bonchev–Trinajstić information content (AvgIpc) is 2.54. The second-order valence-electron chi connectivity index (χ2n) is 5.21. The van der Waals surface area contributed by atoms with E-state index in [1.807, 2.05) is 0 Å². The highest BCUT2D eigenvalue weighted by Gasteiger charge is 2.29. The van der Waals surface area contributed by atoms with Gasteiger partial charge in [-0.3, -0.25) is 4.98 Å². The van der Waals surface area contributed by atoms with Crippen LogP contribution in [-0.2, 0) is 10.0 Å². The Morgan fingerprint density at radius 1 is 1.22 bits per heavy atom. The van der Waals surface area contributed by atoms with E-state index in [1.165, 1.54) is 36.5 Å². The summed E-state index contributed by atoms with van der Waals surface area (Å²) < 4.78 is 27.0. The molecule has 2 rings (SSSR count). The first-order valence-electron chi connectivity index (χ1n) is 6.97. The summed E-state index contributed by atoms with van der Waals surface area (Å²) in [7, 11) is -2.34. The van der Waals surface area contributed by atoms with Crippen molar-refractivity contribution in [2.75, 3.05) is 7.05 Å². The van der Waals surface area contributed by atoms with Crippen molar-refractivity contribution in [3.63, 3.8) is 0 Å². The molecule has 2 aromatic rings. The van der Waals surface area contributed by atoms with Gasteiger partial charge in [0.15, 0.2) is 0 Å². The largest absolute Gasteiger partial charge is 0.478 e. The third kappa shape index (κ3) is 3.25. The molecule has 0 aliphatic carbocycles. The standard InChI is InChI=1S/C16H18N2O4S/c1-11-14(16(19)20)5-4-6-15(11)23(21,22)18(3)12(2)13-7-9-17-10-8-13/h4-10,12H,1-3H3,(H,19,20). The molecule has 7 heteroatoms. The van der Waals surface area contributed by atoms with Crippen LogP contribution in [0.2, 0.25) is 0 Å². The molecule has 0 saturated carbocycles. The van der Waals surface area contributed by atoms with Crippen LogP contribution < -0.4 is 0 Å². The van der Waals surface area contributed by atoms with Gasteiger partial charge in [0.25, 0.3) is 0 Å². The van der Waals surface area contributed by atoms with Crippen molar-refractivity contribution in [3.05, 3.63) is 59.4 Å². The molecule has 23 heavy (non-hydrogen) atoms. The van der Waals surface area contributed by atoms with Gasteiger partial charge in [-0.25, -0.2) is 13.2 Å². The van der Waals surface area contributed by atoms with Gasteiger partial charge in [0.1, 0.15) is 0 Å². The molecule has 1 aromatic heterocycles. The molecule has 0 saturated heterocycles. The van der Waals surface area contributed by atoms with Gasteiger partial charge in [-0.15, -0.1) is 0 Å². The Kier molecular flexibility index (Phi) is 4.82. The minimum Gasteiger partial charge on any atom is -0.478 e. The Labute approximate surface area is 135 Å². The van der Waals surface area contributed by atoms with E-state index in [4.69, 9.17) is 5.11 Å². The minimum absolute atomic E-state index is 0.000746. The zero-order valence-corrected chi connectivity index (χ0v) is 13.9. The number of carbonyl (C=O) groups is 1. The van der Waals surface area contributed by atoms with E-state index in [2.05, 4.69) is 4.98 Å². The Morgan fingerprint density at radius 2 is 1.83 bits per heavy atom. The molecule has 0 amide bonds. The van der Waals surface area contributed by atoms with Crippen molar-refractivity contribution in [1.82, 2.24) is 9.29 Å². The molecule has 0 fully saturated rings. The van der Waals surface area contributed by atoms with Gasteiger partial charge in [0.05, 0.1) is 10.5 Å². The summed E-state index contributed by atoms with van der Waals surface area (Å²) in [5.41, 5.74) is 1.02. The quantitative estimate of drug-likeness (QED) is 0.907. The Hall–Kier alpha value is -2.25. The van der Waals surface area contributed by atoms with Gasteiger partial charge >= 0.3 is 5.97 Å². The summed E-state index contributed by atoms with van der Waals surface area (Å²) in [6, 6.07) is 7.34. The first-order valence-corrected chi connectivity index (χ1v) is 8.41. The summed E-state index contributed by atoms with van der Waals surface area (Å²) in [6.07, 6.45) is 3.20. The van der Waals surface area contributed by atoms with Crippen LogP contribution in [0.4, 0.5) is 0 Å². The van der Waals surface area contributed by atoms with E-state index in [1.54, 1.807) is 31.5 Å². The van der Waals surface area contributed by atoms with Crippen LogP contribution in [0, 0.1) is 6.92 Å². The second-order valence-corrected chi connectivity index (χ2v) is 7.18. The summed E-state index contributed by atoms with van der Waals surface area (Å²) in [4.78, 5) is 15.1. The van der Waals surface area contributed by atoms with Crippen molar-refractivity contribution in [1.29, 1.82) is 0 Å². The highest BCUT2D eigenvalue weighted by molar-refractivity contribution is 7.89. The van der Waals surface area contributed by atoms with Crippen LogP contribution in [-0.4, -0.2) is 35.8 Å². The van der Waals surface area contributed by atoms with E-state index < -0.39 is 22.0 Å². The predicted octanol–water partition coefficient (Wildman–Crippen LogP) is 2.47. The van der Waals surface area contributed by atoms with Gasteiger partial charge in [-0.2, -0.15) is 4.31 Å². The Balaban J connectivity index is 2.46. The van der Waals surface area contributed by atoms with Gasteiger partial charge < -0.3 is 5.11 Å². The van der Waals surface area contributed by atoms with E-state index in [0.717, 1.165) is 5.56 Å². The lowest BCUT2D eigenvalue weighted by Gasteiger charge is -2.25. The van der Waals surface area contributed by atoms with Gasteiger partial charge in [0.2, 0.25) is 10.0 Å². The molecule has 0 radical (unpaired) electrons. The van der Waals surface area contributed by atoms with Crippen LogP contribution in [0.15, 0.2) is 47.6 Å². The SMILES string of the molecule is Cc1c(C(=O)O)cccc1S(=O)(=O)N(C)C(C)c1ccncc1. The lowest BCUT2D eigenvalue weighted by molar-refractivity contribution is 0.0696. The lowest BCUT2D eigenvalue weighted by Crippen LogP contribution is -2.30. The number of nitrogens with zero attached hydrogens (tertiary/aromatic N) is 2. The Morgan fingerprint density at radius 3 is 2.39 bits per heavy atom. The Bertz CT molecular complexity index is 819. The van der Waals surface area contributed by atoms with E-state index in [9.17, 15) is 13.2 Å². The number of hydrogen-bond donors (Lipinski definition) is 1. The molecule has 1 aromatic carbocycles. The number of benzene rings is 1. The fourth-order valence-corrected chi connectivity index (χ4v) is 3.94. The van der Waals surface area contributed by atoms with Gasteiger partial charge in [-0.05, 0) is 49.2 Å². The second kappa shape index (κ2) is 6.47. The average molecular weight is 334 g/mol. The zero-order valence-electron chi connectivity index (χ0n) is 13.1. The van der Waals surface area contributed by atoms with E-state index in [-0.39, 0.29) is 16.0 Å². The maximum Gasteiger partial charge on any atom is 0.335 e. The van der Waals surface area contributed by atoms with Crippen LogP contribution in [0.25, 0.3) is 0 Å². The first kappa shape index (κ1) is 17.1. The fourth-order valence-electron chi connectivity index (χ4n) is 2.34. The number of rotatable bonds is 5. The number of carboxylic acid groups (broad SMARTS) is 1. The maximum atomic E-state index is 12.9. The van der Waals surface area contributed by atoms with Crippen molar-refractivity contribution < 1.29 is 18.3 Å². The lowest BCUT2D eigenvalue weighted by atomic mass is 10.1. The van der Waals surface area contributed by atoms with Gasteiger partial charge in [-0.1, -0.05) is 6.07 Å². The van der Waals surface area contributed by atoms with E-state index in [0.29, 0.717) is 0 Å². The molecular weight excluding hydrogens is 316 g/mol. The number of aromatic carboxylic acids is 1. The van der Waals surface area contributed by atoms with Crippen molar-refractivity contribution in [2.24, 2.45) is 0 Å². The van der Waals surface area contributed by atoms with Crippen molar-refractivity contribution in [2.45, 2.75) is 24.8 Å². The van der Waals surface area contributed by atoms with Gasteiger partial charge in [0, 0.05) is 25.5 Å². The number of sulfonamides is 1. The van der Waals surface area contributed by atoms with E-state index >= 15 is 0 Å². The summed E-state index contributed by atoms with van der Waals surface area (Å²) in [5, 5.41) is 9.17. The van der Waals surface area contributed by atoms with Crippen molar-refractivity contribution in [3.8, 4) is 0 Å².